The Morgan fingerprint density at radius 3 is 2.19 bits per heavy atom. The molecule has 2 N–H and O–H groups in total. The van der Waals surface area contributed by atoms with Crippen LogP contribution in [0.5, 0.6) is 11.5 Å². The number of rotatable bonds is 11. The summed E-state index contributed by atoms with van der Waals surface area (Å²) in [6, 6.07) is 7.72. The highest BCUT2D eigenvalue weighted by Gasteiger charge is 2.22. The molecule has 0 bridgehead atoms. The highest BCUT2D eigenvalue weighted by atomic mass is 16.5. The quantitative estimate of drug-likeness (QED) is 0.659. The molecule has 0 saturated carbocycles. The van der Waals surface area contributed by atoms with Crippen molar-refractivity contribution in [1.82, 2.24) is 5.32 Å². The average molecular weight is 295 g/mol. The van der Waals surface area contributed by atoms with E-state index in [1.54, 1.807) is 0 Å². The summed E-state index contributed by atoms with van der Waals surface area (Å²) in [6.07, 6.45) is 2.76. The van der Waals surface area contributed by atoms with E-state index < -0.39 is 0 Å². The van der Waals surface area contributed by atoms with Crippen LogP contribution < -0.4 is 14.8 Å². The van der Waals surface area contributed by atoms with E-state index in [2.05, 4.69) is 19.2 Å². The Bertz CT molecular complexity index is 397. The Kier molecular flexibility index (Phi) is 8.16. The predicted molar refractivity (Wildman–Crippen MR) is 86.1 cm³/mol. The Hall–Kier alpha value is -1.26. The molecule has 0 aliphatic rings. The summed E-state index contributed by atoms with van der Waals surface area (Å²) < 4.78 is 11.5. The number of para-hydroxylation sites is 2. The van der Waals surface area contributed by atoms with Crippen molar-refractivity contribution in [3.63, 3.8) is 0 Å². The van der Waals surface area contributed by atoms with Gasteiger partial charge in [0, 0.05) is 12.0 Å². The van der Waals surface area contributed by atoms with Crippen molar-refractivity contribution in [3.05, 3.63) is 24.3 Å². The fourth-order valence-corrected chi connectivity index (χ4v) is 1.94. The molecule has 1 aromatic rings. The molecule has 0 aliphatic heterocycles. The summed E-state index contributed by atoms with van der Waals surface area (Å²) in [4.78, 5) is 0. The van der Waals surface area contributed by atoms with Gasteiger partial charge in [-0.3, -0.25) is 0 Å². The molecule has 120 valence electrons. The number of aliphatic hydroxyl groups excluding tert-OH is 1. The average Bonchev–Trinajstić information content (AvgIpc) is 2.52. The van der Waals surface area contributed by atoms with Gasteiger partial charge >= 0.3 is 0 Å². The lowest BCUT2D eigenvalue weighted by Gasteiger charge is -2.28. The maximum absolute atomic E-state index is 9.54. The van der Waals surface area contributed by atoms with Gasteiger partial charge in [0.05, 0.1) is 19.8 Å². The first-order chi connectivity index (χ1) is 10.1. The minimum Gasteiger partial charge on any atom is -0.490 e. The molecule has 0 heterocycles. The summed E-state index contributed by atoms with van der Waals surface area (Å²) in [5, 5.41) is 12.9. The van der Waals surface area contributed by atoms with E-state index in [0.29, 0.717) is 13.2 Å². The third-order valence-electron chi connectivity index (χ3n) is 3.37. The van der Waals surface area contributed by atoms with E-state index in [4.69, 9.17) is 9.47 Å². The Morgan fingerprint density at radius 1 is 1.05 bits per heavy atom. The molecule has 0 fully saturated rings. The van der Waals surface area contributed by atoms with E-state index in [9.17, 15) is 5.11 Å². The first kappa shape index (κ1) is 17.8. The number of aliphatic hydroxyl groups is 1. The molecule has 0 aromatic heterocycles. The molecule has 0 radical (unpaired) electrons. The highest BCUT2D eigenvalue weighted by Crippen LogP contribution is 2.27. The standard InChI is InChI=1S/C17H29NO3/c1-4-11-18-17(3,14-19)10-13-21-16-9-7-6-8-15(16)20-12-5-2/h6-9,18-19H,4-5,10-14H2,1-3H3. The highest BCUT2D eigenvalue weighted by molar-refractivity contribution is 5.39. The minimum atomic E-state index is -0.296. The van der Waals surface area contributed by atoms with Crippen LogP contribution in [-0.2, 0) is 0 Å². The van der Waals surface area contributed by atoms with Crippen LogP contribution in [0.15, 0.2) is 24.3 Å². The predicted octanol–water partition coefficient (Wildman–Crippen LogP) is 2.99. The molecule has 0 aliphatic carbocycles. The van der Waals surface area contributed by atoms with Gasteiger partial charge in [0.15, 0.2) is 11.5 Å². The molecule has 1 atom stereocenters. The number of hydrogen-bond donors (Lipinski definition) is 2. The number of benzene rings is 1. The van der Waals surface area contributed by atoms with Gasteiger partial charge in [-0.15, -0.1) is 0 Å². The molecule has 1 unspecified atom stereocenters. The van der Waals surface area contributed by atoms with E-state index in [0.717, 1.165) is 37.3 Å². The van der Waals surface area contributed by atoms with Crippen LogP contribution in [0.2, 0.25) is 0 Å². The number of hydrogen-bond acceptors (Lipinski definition) is 4. The molecule has 1 aromatic carbocycles. The van der Waals surface area contributed by atoms with Crippen molar-refractivity contribution in [2.45, 2.75) is 45.6 Å². The van der Waals surface area contributed by atoms with E-state index in [1.165, 1.54) is 0 Å². The van der Waals surface area contributed by atoms with Gasteiger partial charge in [-0.1, -0.05) is 26.0 Å². The minimum absolute atomic E-state index is 0.102. The van der Waals surface area contributed by atoms with E-state index >= 15 is 0 Å². The fraction of sp³-hybridized carbons (Fsp3) is 0.647. The summed E-state index contributed by atoms with van der Waals surface area (Å²) >= 11 is 0. The second kappa shape index (κ2) is 9.64. The van der Waals surface area contributed by atoms with Crippen molar-refractivity contribution in [2.24, 2.45) is 0 Å². The lowest BCUT2D eigenvalue weighted by molar-refractivity contribution is 0.142. The monoisotopic (exact) mass is 295 g/mol. The van der Waals surface area contributed by atoms with Gasteiger partial charge in [0.25, 0.3) is 0 Å². The normalized spacial score (nSPS) is 13.7. The Balaban J connectivity index is 2.50. The zero-order chi connectivity index (χ0) is 15.6. The van der Waals surface area contributed by atoms with Crippen molar-refractivity contribution >= 4 is 0 Å². The smallest absolute Gasteiger partial charge is 0.161 e. The first-order valence-corrected chi connectivity index (χ1v) is 7.85. The molecule has 1 rings (SSSR count). The van der Waals surface area contributed by atoms with Gasteiger partial charge < -0.3 is 19.9 Å². The zero-order valence-corrected chi connectivity index (χ0v) is 13.5. The summed E-state index contributed by atoms with van der Waals surface area (Å²) in [5.41, 5.74) is -0.296. The third kappa shape index (κ3) is 6.36. The van der Waals surface area contributed by atoms with Crippen molar-refractivity contribution < 1.29 is 14.6 Å². The lowest BCUT2D eigenvalue weighted by atomic mass is 9.99. The fourth-order valence-electron chi connectivity index (χ4n) is 1.94. The lowest BCUT2D eigenvalue weighted by Crippen LogP contribution is -2.47. The summed E-state index contributed by atoms with van der Waals surface area (Å²) in [5.74, 6) is 1.55. The van der Waals surface area contributed by atoms with Crippen LogP contribution in [0.4, 0.5) is 0 Å². The van der Waals surface area contributed by atoms with Crippen molar-refractivity contribution in [1.29, 1.82) is 0 Å². The number of ether oxygens (including phenoxy) is 2. The van der Waals surface area contributed by atoms with E-state index in [-0.39, 0.29) is 12.1 Å². The van der Waals surface area contributed by atoms with Crippen LogP contribution in [0.1, 0.15) is 40.0 Å². The van der Waals surface area contributed by atoms with Crippen LogP contribution in [-0.4, -0.2) is 37.0 Å². The Morgan fingerprint density at radius 2 is 1.67 bits per heavy atom. The Labute approximate surface area is 128 Å². The van der Waals surface area contributed by atoms with Gasteiger partial charge in [0.2, 0.25) is 0 Å². The van der Waals surface area contributed by atoms with Crippen LogP contribution >= 0.6 is 0 Å². The third-order valence-corrected chi connectivity index (χ3v) is 3.37. The molecule has 0 spiro atoms. The molecule has 0 amide bonds. The molecular weight excluding hydrogens is 266 g/mol. The number of nitrogens with one attached hydrogen (secondary N) is 1. The first-order valence-electron chi connectivity index (χ1n) is 7.85. The molecule has 0 saturated heterocycles. The topological polar surface area (TPSA) is 50.7 Å². The zero-order valence-electron chi connectivity index (χ0n) is 13.5. The molecule has 4 nitrogen and oxygen atoms in total. The van der Waals surface area contributed by atoms with Crippen molar-refractivity contribution in [3.8, 4) is 11.5 Å². The molecule has 4 heteroatoms. The van der Waals surface area contributed by atoms with Gasteiger partial charge in [-0.05, 0) is 38.4 Å². The summed E-state index contributed by atoms with van der Waals surface area (Å²) in [7, 11) is 0. The molecular formula is C17H29NO3. The SMILES string of the molecule is CCCNC(C)(CO)CCOc1ccccc1OCCC. The summed E-state index contributed by atoms with van der Waals surface area (Å²) in [6.45, 7) is 8.44. The maximum atomic E-state index is 9.54. The van der Waals surface area contributed by atoms with Crippen molar-refractivity contribution in [2.75, 3.05) is 26.4 Å². The second-order valence-electron chi connectivity index (χ2n) is 5.54. The van der Waals surface area contributed by atoms with Gasteiger partial charge in [0.1, 0.15) is 0 Å². The van der Waals surface area contributed by atoms with E-state index in [1.807, 2.05) is 31.2 Å². The van der Waals surface area contributed by atoms with Crippen LogP contribution in [0.25, 0.3) is 0 Å². The largest absolute Gasteiger partial charge is 0.490 e. The van der Waals surface area contributed by atoms with Gasteiger partial charge in [-0.2, -0.15) is 0 Å². The van der Waals surface area contributed by atoms with Crippen LogP contribution in [0.3, 0.4) is 0 Å². The van der Waals surface area contributed by atoms with Gasteiger partial charge in [-0.25, -0.2) is 0 Å². The van der Waals surface area contributed by atoms with Crippen LogP contribution in [0, 0.1) is 0 Å². The second-order valence-corrected chi connectivity index (χ2v) is 5.54. The maximum Gasteiger partial charge on any atom is 0.161 e. The molecule has 21 heavy (non-hydrogen) atoms.